The molecule has 1 heterocycles. The summed E-state index contributed by atoms with van der Waals surface area (Å²) in [7, 11) is 0. The molecule has 0 spiro atoms. The van der Waals surface area contributed by atoms with Crippen LogP contribution in [0.1, 0.15) is 0 Å². The van der Waals surface area contributed by atoms with Crippen molar-refractivity contribution in [3.63, 3.8) is 0 Å². The van der Waals surface area contributed by atoms with E-state index in [2.05, 4.69) is 9.97 Å². The number of hydrogen-bond acceptors (Lipinski definition) is 4. The monoisotopic (exact) mass is 146 g/mol. The molecule has 0 saturated carbocycles. The minimum Gasteiger partial charge on any atom is -0.412 e. The number of aromatic nitrogens is 2. The summed E-state index contributed by atoms with van der Waals surface area (Å²) >= 11 is 0. The Morgan fingerprint density at radius 3 is 2.10 bits per heavy atom. The first kappa shape index (κ1) is 11.4. The number of nitrogens with two attached hydrogens (primary N) is 2. The fourth-order valence-electron chi connectivity index (χ4n) is 0.388. The molecule has 0 aliphatic rings. The van der Waals surface area contributed by atoms with Crippen LogP contribution in [0.4, 0.5) is 11.8 Å². The number of rotatable bonds is 0. The van der Waals surface area contributed by atoms with Crippen molar-refractivity contribution in [1.29, 1.82) is 0 Å². The molecule has 0 bridgehead atoms. The lowest BCUT2D eigenvalue weighted by atomic mass is 10.6. The van der Waals surface area contributed by atoms with Gasteiger partial charge in [0.25, 0.3) is 0 Å². The summed E-state index contributed by atoms with van der Waals surface area (Å²) in [6, 6.07) is 1.58. The Morgan fingerprint density at radius 1 is 1.20 bits per heavy atom. The Morgan fingerprint density at radius 2 is 1.80 bits per heavy atom. The summed E-state index contributed by atoms with van der Waals surface area (Å²) in [6.45, 7) is 0. The molecule has 0 amide bonds. The lowest BCUT2D eigenvalue weighted by Crippen LogP contribution is -1.96. The summed E-state index contributed by atoms with van der Waals surface area (Å²) in [5.41, 5.74) is 10.4. The van der Waals surface area contributed by atoms with Crippen LogP contribution in [0.3, 0.4) is 0 Å². The Hall–Kier alpha value is -1.40. The van der Waals surface area contributed by atoms with E-state index in [9.17, 15) is 0 Å². The van der Waals surface area contributed by atoms with Gasteiger partial charge in [0.2, 0.25) is 5.95 Å². The fourth-order valence-corrected chi connectivity index (χ4v) is 0.388. The van der Waals surface area contributed by atoms with E-state index in [4.69, 9.17) is 11.5 Å². The van der Waals surface area contributed by atoms with Gasteiger partial charge in [-0.2, -0.15) is 4.98 Å². The third-order valence-electron chi connectivity index (χ3n) is 0.696. The zero-order valence-electron chi connectivity index (χ0n) is 5.20. The average Bonchev–Trinajstić information content (AvgIpc) is 1.64. The predicted molar refractivity (Wildman–Crippen MR) is 38.1 cm³/mol. The Bertz CT molecular complexity index is 175. The van der Waals surface area contributed by atoms with Crippen molar-refractivity contribution in [2.45, 2.75) is 0 Å². The van der Waals surface area contributed by atoms with E-state index in [1.807, 2.05) is 0 Å². The van der Waals surface area contributed by atoms with Crippen molar-refractivity contribution in [3.05, 3.63) is 12.3 Å². The molecule has 10 heavy (non-hydrogen) atoms. The molecular formula is C4H10N4O2. The third-order valence-corrected chi connectivity index (χ3v) is 0.696. The predicted octanol–water partition coefficient (Wildman–Crippen LogP) is -2.01. The summed E-state index contributed by atoms with van der Waals surface area (Å²) < 4.78 is 0. The SMILES string of the molecule is Nc1ccnc(N)n1.O.O. The van der Waals surface area contributed by atoms with Gasteiger partial charge in [0.1, 0.15) is 5.82 Å². The van der Waals surface area contributed by atoms with E-state index in [0.717, 1.165) is 0 Å². The summed E-state index contributed by atoms with van der Waals surface area (Å²) in [4.78, 5) is 7.24. The molecule has 58 valence electrons. The zero-order valence-corrected chi connectivity index (χ0v) is 5.20. The molecule has 0 aliphatic heterocycles. The van der Waals surface area contributed by atoms with Crippen LogP contribution in [-0.4, -0.2) is 20.9 Å². The number of nitrogen functional groups attached to an aromatic ring is 2. The fraction of sp³-hybridized carbons (Fsp3) is 0. The molecule has 1 aromatic heterocycles. The van der Waals surface area contributed by atoms with Gasteiger partial charge in [-0.15, -0.1) is 0 Å². The highest BCUT2D eigenvalue weighted by molar-refractivity contribution is 5.31. The van der Waals surface area contributed by atoms with E-state index in [1.54, 1.807) is 6.07 Å². The van der Waals surface area contributed by atoms with Crippen LogP contribution in [0.25, 0.3) is 0 Å². The van der Waals surface area contributed by atoms with Crippen LogP contribution >= 0.6 is 0 Å². The largest absolute Gasteiger partial charge is 0.412 e. The highest BCUT2D eigenvalue weighted by Crippen LogP contribution is 1.94. The van der Waals surface area contributed by atoms with Crippen molar-refractivity contribution in [3.8, 4) is 0 Å². The van der Waals surface area contributed by atoms with Crippen molar-refractivity contribution in [1.82, 2.24) is 9.97 Å². The minimum atomic E-state index is 0. The van der Waals surface area contributed by atoms with E-state index >= 15 is 0 Å². The Balaban J connectivity index is 0. The molecule has 0 unspecified atom stereocenters. The van der Waals surface area contributed by atoms with E-state index in [0.29, 0.717) is 5.82 Å². The summed E-state index contributed by atoms with van der Waals surface area (Å²) in [6.07, 6.45) is 1.51. The normalized spacial score (nSPS) is 7.20. The molecule has 0 saturated heterocycles. The van der Waals surface area contributed by atoms with Gasteiger partial charge >= 0.3 is 0 Å². The average molecular weight is 146 g/mol. The second-order valence-electron chi connectivity index (χ2n) is 1.34. The molecule has 1 aromatic rings. The van der Waals surface area contributed by atoms with Gasteiger partial charge in [-0.1, -0.05) is 0 Å². The first-order chi connectivity index (χ1) is 3.79. The highest BCUT2D eigenvalue weighted by Gasteiger charge is 1.84. The maximum Gasteiger partial charge on any atom is 0.221 e. The summed E-state index contributed by atoms with van der Waals surface area (Å²) in [5, 5.41) is 0. The molecular weight excluding hydrogens is 136 g/mol. The van der Waals surface area contributed by atoms with Gasteiger partial charge in [0.15, 0.2) is 0 Å². The van der Waals surface area contributed by atoms with E-state index in [-0.39, 0.29) is 16.9 Å². The van der Waals surface area contributed by atoms with E-state index < -0.39 is 0 Å². The van der Waals surface area contributed by atoms with Crippen molar-refractivity contribution in [2.75, 3.05) is 11.5 Å². The molecule has 0 aromatic carbocycles. The number of nitrogens with zero attached hydrogens (tertiary/aromatic N) is 2. The first-order valence-electron chi connectivity index (χ1n) is 2.13. The molecule has 0 fully saturated rings. The van der Waals surface area contributed by atoms with Crippen molar-refractivity contribution < 1.29 is 11.0 Å². The molecule has 0 aliphatic carbocycles. The Labute approximate surface area is 57.5 Å². The molecule has 0 radical (unpaired) electrons. The zero-order chi connectivity index (χ0) is 5.98. The van der Waals surface area contributed by atoms with Crippen LogP contribution < -0.4 is 11.5 Å². The Kier molecular flexibility index (Phi) is 5.10. The quantitative estimate of drug-likeness (QED) is 0.436. The van der Waals surface area contributed by atoms with Crippen LogP contribution in [0.5, 0.6) is 0 Å². The van der Waals surface area contributed by atoms with Crippen molar-refractivity contribution >= 4 is 11.8 Å². The highest BCUT2D eigenvalue weighted by atomic mass is 16.0. The van der Waals surface area contributed by atoms with Gasteiger partial charge in [-0.05, 0) is 6.07 Å². The summed E-state index contributed by atoms with van der Waals surface area (Å²) in [5.74, 6) is 0.613. The van der Waals surface area contributed by atoms with Crippen molar-refractivity contribution in [2.24, 2.45) is 0 Å². The molecule has 0 atom stereocenters. The molecule has 6 heteroatoms. The minimum absolute atomic E-state index is 0. The van der Waals surface area contributed by atoms with Gasteiger partial charge in [-0.25, -0.2) is 4.98 Å². The first-order valence-corrected chi connectivity index (χ1v) is 2.13. The molecule has 8 N–H and O–H groups in total. The second-order valence-corrected chi connectivity index (χ2v) is 1.34. The molecule has 1 rings (SSSR count). The topological polar surface area (TPSA) is 141 Å². The second kappa shape index (κ2) is 4.48. The van der Waals surface area contributed by atoms with Gasteiger partial charge in [0.05, 0.1) is 0 Å². The van der Waals surface area contributed by atoms with Gasteiger partial charge in [0, 0.05) is 6.20 Å². The standard InChI is InChI=1S/C4H6N4.2H2O/c5-3-1-2-7-4(6)8-3;;/h1-2H,(H4,5,6,7,8);2*1H2. The third kappa shape index (κ3) is 2.80. The maximum atomic E-state index is 5.23. The smallest absolute Gasteiger partial charge is 0.221 e. The van der Waals surface area contributed by atoms with Crippen LogP contribution in [0.2, 0.25) is 0 Å². The van der Waals surface area contributed by atoms with E-state index in [1.165, 1.54) is 6.20 Å². The lowest BCUT2D eigenvalue weighted by Gasteiger charge is -1.89. The lowest BCUT2D eigenvalue weighted by molar-refractivity contribution is 0.823. The van der Waals surface area contributed by atoms with Crippen LogP contribution in [0.15, 0.2) is 12.3 Å². The maximum absolute atomic E-state index is 5.23. The number of hydrogen-bond donors (Lipinski definition) is 2. The van der Waals surface area contributed by atoms with Gasteiger partial charge < -0.3 is 22.4 Å². The van der Waals surface area contributed by atoms with Crippen LogP contribution in [-0.2, 0) is 0 Å². The molecule has 6 nitrogen and oxygen atoms in total. The van der Waals surface area contributed by atoms with Gasteiger partial charge in [-0.3, -0.25) is 0 Å². The van der Waals surface area contributed by atoms with Crippen LogP contribution in [0, 0.1) is 0 Å². The number of anilines is 2.